The fourth-order valence-electron chi connectivity index (χ4n) is 5.19. The van der Waals surface area contributed by atoms with Gasteiger partial charge in [0, 0.05) is 17.7 Å². The normalized spacial score (nSPS) is 18.5. The Bertz CT molecular complexity index is 1360. The fraction of sp³-hybridized carbons (Fsp3) is 0.276. The number of phenolic OH excluding ortho intramolecular Hbond substituents is 1. The molecule has 192 valence electrons. The minimum atomic E-state index is -0.422. The van der Waals surface area contributed by atoms with Gasteiger partial charge in [0.1, 0.15) is 0 Å². The van der Waals surface area contributed by atoms with Gasteiger partial charge in [-0.05, 0) is 59.9 Å². The minimum Gasteiger partial charge on any atom is -0.504 e. The van der Waals surface area contributed by atoms with E-state index in [0.29, 0.717) is 41.4 Å². The fourth-order valence-corrected chi connectivity index (χ4v) is 5.19. The molecule has 8 nitrogen and oxygen atoms in total. The minimum absolute atomic E-state index is 0.0323. The molecule has 1 aliphatic carbocycles. The van der Waals surface area contributed by atoms with Gasteiger partial charge in [-0.2, -0.15) is 0 Å². The monoisotopic (exact) mass is 502 g/mol. The molecular formula is C29H30N2O6. The van der Waals surface area contributed by atoms with E-state index in [2.05, 4.69) is 10.6 Å². The molecule has 2 atom stereocenters. The molecule has 0 amide bonds. The number of hydrogen-bond acceptors (Lipinski definition) is 8. The summed E-state index contributed by atoms with van der Waals surface area (Å²) in [6.45, 7) is 0. The molecule has 8 heteroatoms. The number of nitrogens with one attached hydrogen (secondary N) is 2. The van der Waals surface area contributed by atoms with E-state index in [1.807, 2.05) is 42.5 Å². The smallest absolute Gasteiger partial charge is 0.203 e. The largest absolute Gasteiger partial charge is 0.504 e. The summed E-state index contributed by atoms with van der Waals surface area (Å²) in [5, 5.41) is 17.2. The lowest BCUT2D eigenvalue weighted by Crippen LogP contribution is -2.27. The highest BCUT2D eigenvalue weighted by atomic mass is 16.5. The van der Waals surface area contributed by atoms with Gasteiger partial charge < -0.3 is 34.7 Å². The molecule has 0 spiro atoms. The summed E-state index contributed by atoms with van der Waals surface area (Å²) < 4.78 is 21.9. The Hall–Kier alpha value is -4.33. The van der Waals surface area contributed by atoms with E-state index in [-0.39, 0.29) is 17.5 Å². The molecular weight excluding hydrogens is 472 g/mol. The zero-order valence-electron chi connectivity index (χ0n) is 21.3. The van der Waals surface area contributed by atoms with Gasteiger partial charge in [-0.15, -0.1) is 0 Å². The molecule has 2 aliphatic rings. The van der Waals surface area contributed by atoms with Crippen molar-refractivity contribution in [2.24, 2.45) is 0 Å². The second kappa shape index (κ2) is 9.97. The highest BCUT2D eigenvalue weighted by molar-refractivity contribution is 6.01. The van der Waals surface area contributed by atoms with E-state index in [4.69, 9.17) is 18.9 Å². The first-order valence-corrected chi connectivity index (χ1v) is 12.0. The number of hydrogen-bond donors (Lipinski definition) is 3. The number of carbonyl (C=O) groups excluding carboxylic acids is 1. The summed E-state index contributed by atoms with van der Waals surface area (Å²) in [6.07, 6.45) is 0.935. The van der Waals surface area contributed by atoms with E-state index in [9.17, 15) is 9.90 Å². The maximum absolute atomic E-state index is 13.8. The van der Waals surface area contributed by atoms with Crippen molar-refractivity contribution in [3.05, 3.63) is 77.0 Å². The van der Waals surface area contributed by atoms with Crippen LogP contribution in [0.15, 0.2) is 65.9 Å². The van der Waals surface area contributed by atoms with Gasteiger partial charge in [-0.1, -0.05) is 18.2 Å². The van der Waals surface area contributed by atoms with Gasteiger partial charge in [0.2, 0.25) is 5.75 Å². The van der Waals surface area contributed by atoms with Gasteiger partial charge >= 0.3 is 0 Å². The third kappa shape index (κ3) is 4.39. The summed E-state index contributed by atoms with van der Waals surface area (Å²) in [5.74, 6) is 1.97. The number of ketones is 1. The van der Waals surface area contributed by atoms with Crippen molar-refractivity contribution in [2.75, 3.05) is 39.1 Å². The van der Waals surface area contributed by atoms with E-state index in [0.717, 1.165) is 28.2 Å². The highest BCUT2D eigenvalue weighted by Crippen LogP contribution is 2.47. The molecule has 2 unspecified atom stereocenters. The van der Waals surface area contributed by atoms with Crippen LogP contribution in [-0.2, 0) is 4.79 Å². The number of fused-ring (bicyclic) bond motifs is 1. The molecule has 0 aromatic heterocycles. The number of aromatic hydroxyl groups is 1. The summed E-state index contributed by atoms with van der Waals surface area (Å²) in [7, 11) is 6.24. The van der Waals surface area contributed by atoms with Crippen LogP contribution >= 0.6 is 0 Å². The van der Waals surface area contributed by atoms with Crippen LogP contribution < -0.4 is 29.6 Å². The van der Waals surface area contributed by atoms with Crippen LogP contribution in [-0.4, -0.2) is 39.3 Å². The predicted molar refractivity (Wildman–Crippen MR) is 141 cm³/mol. The first kappa shape index (κ1) is 24.4. The molecule has 0 fully saturated rings. The molecule has 0 bridgehead atoms. The summed E-state index contributed by atoms with van der Waals surface area (Å²) in [6, 6.07) is 16.4. The molecule has 37 heavy (non-hydrogen) atoms. The predicted octanol–water partition coefficient (Wildman–Crippen LogP) is 5.41. The molecule has 3 aromatic rings. The van der Waals surface area contributed by atoms with Crippen molar-refractivity contribution in [3.8, 4) is 28.7 Å². The second-order valence-corrected chi connectivity index (χ2v) is 9.06. The van der Waals surface area contributed by atoms with Gasteiger partial charge in [-0.25, -0.2) is 0 Å². The number of ether oxygens (including phenoxy) is 4. The Morgan fingerprint density at radius 2 is 1.43 bits per heavy atom. The third-order valence-corrected chi connectivity index (χ3v) is 7.00. The Labute approximate surface area is 215 Å². The number of methoxy groups -OCH3 is 4. The average Bonchev–Trinajstić information content (AvgIpc) is 3.09. The lowest BCUT2D eigenvalue weighted by atomic mass is 9.78. The molecule has 3 aromatic carbocycles. The molecule has 1 aliphatic heterocycles. The molecule has 5 rings (SSSR count). The van der Waals surface area contributed by atoms with Crippen molar-refractivity contribution >= 4 is 17.2 Å². The second-order valence-electron chi connectivity index (χ2n) is 9.06. The summed E-state index contributed by atoms with van der Waals surface area (Å²) in [5.41, 5.74) is 5.05. The van der Waals surface area contributed by atoms with Crippen LogP contribution in [0, 0.1) is 0 Å². The zero-order valence-corrected chi connectivity index (χ0v) is 21.3. The van der Waals surface area contributed by atoms with Crippen LogP contribution in [0.3, 0.4) is 0 Å². The quantitative estimate of drug-likeness (QED) is 0.412. The van der Waals surface area contributed by atoms with Crippen molar-refractivity contribution < 1.29 is 28.8 Å². The lowest BCUT2D eigenvalue weighted by molar-refractivity contribution is -0.116. The van der Waals surface area contributed by atoms with Crippen LogP contribution in [0.4, 0.5) is 11.4 Å². The number of rotatable bonds is 6. The third-order valence-electron chi connectivity index (χ3n) is 7.00. The van der Waals surface area contributed by atoms with Gasteiger partial charge in [0.05, 0.1) is 45.9 Å². The number of phenols is 1. The zero-order chi connectivity index (χ0) is 26.1. The van der Waals surface area contributed by atoms with E-state index >= 15 is 0 Å². The van der Waals surface area contributed by atoms with Crippen LogP contribution in [0.25, 0.3) is 0 Å². The Kier molecular flexibility index (Phi) is 6.56. The van der Waals surface area contributed by atoms with Gasteiger partial charge in [0.25, 0.3) is 0 Å². The molecule has 0 radical (unpaired) electrons. The van der Waals surface area contributed by atoms with Gasteiger partial charge in [-0.3, -0.25) is 4.79 Å². The topological polar surface area (TPSA) is 98.3 Å². The van der Waals surface area contributed by atoms with Crippen LogP contribution in [0.5, 0.6) is 28.7 Å². The number of Topliss-reactive ketones (excluding diaryl/α,β-unsaturated/α-hetero) is 1. The molecule has 3 N–H and O–H groups in total. The highest BCUT2D eigenvalue weighted by Gasteiger charge is 2.37. The molecule has 0 saturated heterocycles. The lowest BCUT2D eigenvalue weighted by Gasteiger charge is -2.30. The van der Waals surface area contributed by atoms with Crippen molar-refractivity contribution in [1.82, 2.24) is 0 Å². The number of anilines is 2. The standard InChI is InChI=1S/C29H30N2O6/c1-34-24-13-16(9-10-22(24)32)28-27-21(30-19-7-5-6-8-20(19)31-28)11-17(12-23(27)33)18-14-25(35-2)29(37-4)26(15-18)36-3/h5-10,13-15,17,28,30-32H,11-12H2,1-4H3. The van der Waals surface area contributed by atoms with Crippen molar-refractivity contribution in [1.29, 1.82) is 0 Å². The Morgan fingerprint density at radius 3 is 2.08 bits per heavy atom. The maximum atomic E-state index is 13.8. The number of allylic oxidation sites excluding steroid dienone is 1. The van der Waals surface area contributed by atoms with Crippen LogP contribution in [0.1, 0.15) is 35.9 Å². The SMILES string of the molecule is COc1cc(C2Nc3ccccc3NC3=C2C(=O)CC(c2cc(OC)c(OC)c(OC)c2)C3)ccc1O. The van der Waals surface area contributed by atoms with E-state index in [1.54, 1.807) is 33.5 Å². The number of para-hydroxylation sites is 2. The average molecular weight is 503 g/mol. The van der Waals surface area contributed by atoms with E-state index in [1.165, 1.54) is 7.11 Å². The van der Waals surface area contributed by atoms with E-state index < -0.39 is 6.04 Å². The Balaban J connectivity index is 1.61. The number of benzene rings is 3. The first-order valence-electron chi connectivity index (χ1n) is 12.0. The summed E-state index contributed by atoms with van der Waals surface area (Å²) in [4.78, 5) is 13.8. The first-order chi connectivity index (χ1) is 18.0. The summed E-state index contributed by atoms with van der Waals surface area (Å²) >= 11 is 0. The maximum Gasteiger partial charge on any atom is 0.203 e. The van der Waals surface area contributed by atoms with Gasteiger partial charge in [0.15, 0.2) is 28.8 Å². The molecule has 1 heterocycles. The van der Waals surface area contributed by atoms with Crippen molar-refractivity contribution in [2.45, 2.75) is 24.8 Å². The van der Waals surface area contributed by atoms with Crippen molar-refractivity contribution in [3.63, 3.8) is 0 Å². The Morgan fingerprint density at radius 1 is 0.784 bits per heavy atom. The molecule has 0 saturated carbocycles. The number of carbonyl (C=O) groups is 1. The van der Waals surface area contributed by atoms with Crippen LogP contribution in [0.2, 0.25) is 0 Å².